The molecule has 1 fully saturated rings. The molecule has 1 aliphatic carbocycles. The lowest BCUT2D eigenvalue weighted by molar-refractivity contribution is 0.329. The van der Waals surface area contributed by atoms with E-state index in [0.29, 0.717) is 12.6 Å². The largest absolute Gasteiger partial charge is 0.355 e. The Kier molecular flexibility index (Phi) is 10.1. The van der Waals surface area contributed by atoms with Gasteiger partial charge < -0.3 is 15.2 Å². The Morgan fingerprint density at radius 3 is 2.72 bits per heavy atom. The third kappa shape index (κ3) is 7.75. The predicted molar refractivity (Wildman–Crippen MR) is 114 cm³/mol. The lowest BCUT2D eigenvalue weighted by atomic mass is 9.87. The molecule has 1 aliphatic rings. The fourth-order valence-electron chi connectivity index (χ4n) is 3.00. The Labute approximate surface area is 169 Å². The lowest BCUT2D eigenvalue weighted by Crippen LogP contribution is -2.45. The number of hydrogen-bond acceptors (Lipinski definition) is 3. The molecule has 0 saturated heterocycles. The number of halogens is 1. The maximum atomic E-state index is 4.65. The van der Waals surface area contributed by atoms with Crippen LogP contribution in [0.4, 0.5) is 0 Å². The molecule has 6 nitrogen and oxygen atoms in total. The van der Waals surface area contributed by atoms with Gasteiger partial charge in [0.1, 0.15) is 12.2 Å². The van der Waals surface area contributed by atoms with Gasteiger partial charge in [-0.3, -0.25) is 0 Å². The zero-order valence-corrected chi connectivity index (χ0v) is 18.1. The Balaban J connectivity index is 0.00000312. The van der Waals surface area contributed by atoms with Gasteiger partial charge >= 0.3 is 0 Å². The summed E-state index contributed by atoms with van der Waals surface area (Å²) >= 11 is 0. The average Bonchev–Trinajstić information content (AvgIpc) is 3.02. The van der Waals surface area contributed by atoms with Crippen molar-refractivity contribution in [1.82, 2.24) is 25.4 Å². The first-order chi connectivity index (χ1) is 11.6. The van der Waals surface area contributed by atoms with Crippen LogP contribution in [0.25, 0.3) is 0 Å². The molecule has 1 aromatic rings. The van der Waals surface area contributed by atoms with Gasteiger partial charge in [-0.25, -0.2) is 4.99 Å². The van der Waals surface area contributed by atoms with Gasteiger partial charge in [-0.05, 0) is 38.5 Å². The monoisotopic (exact) mass is 460 g/mol. The second kappa shape index (κ2) is 11.5. The van der Waals surface area contributed by atoms with Crippen LogP contribution < -0.4 is 10.6 Å². The molecule has 0 spiro atoms. The van der Waals surface area contributed by atoms with Gasteiger partial charge in [0.2, 0.25) is 0 Å². The maximum absolute atomic E-state index is 4.65. The fourth-order valence-corrected chi connectivity index (χ4v) is 3.00. The molecule has 1 saturated carbocycles. The Hall–Kier alpha value is -1.12. The van der Waals surface area contributed by atoms with E-state index in [-0.39, 0.29) is 24.0 Å². The SMILES string of the molecule is C=C(C)CN=C(NCCn1cnnc1CC)NC1CCC(C)CC1.I. The number of hydrogen-bond donors (Lipinski definition) is 2. The van der Waals surface area contributed by atoms with Crippen LogP contribution in [-0.4, -0.2) is 39.9 Å². The van der Waals surface area contributed by atoms with Crippen LogP contribution in [0.3, 0.4) is 0 Å². The van der Waals surface area contributed by atoms with Crippen molar-refractivity contribution in [3.05, 3.63) is 24.3 Å². The summed E-state index contributed by atoms with van der Waals surface area (Å²) in [5.41, 5.74) is 1.07. The molecule has 0 radical (unpaired) electrons. The Bertz CT molecular complexity index is 546. The number of aryl methyl sites for hydroxylation is 1. The van der Waals surface area contributed by atoms with Gasteiger partial charge in [0.25, 0.3) is 0 Å². The van der Waals surface area contributed by atoms with Crippen molar-refractivity contribution in [1.29, 1.82) is 0 Å². The molecule has 2 rings (SSSR count). The first-order valence-electron chi connectivity index (χ1n) is 9.14. The summed E-state index contributed by atoms with van der Waals surface area (Å²) in [6.45, 7) is 12.7. The second-order valence-electron chi connectivity index (χ2n) is 6.94. The highest BCUT2D eigenvalue weighted by molar-refractivity contribution is 14.0. The van der Waals surface area contributed by atoms with Crippen molar-refractivity contribution >= 4 is 29.9 Å². The summed E-state index contributed by atoms with van der Waals surface area (Å²) in [6, 6.07) is 0.527. The topological polar surface area (TPSA) is 67.1 Å². The number of nitrogens with zero attached hydrogens (tertiary/aromatic N) is 4. The van der Waals surface area contributed by atoms with Crippen molar-refractivity contribution in [2.24, 2.45) is 10.9 Å². The minimum atomic E-state index is 0. The third-order valence-electron chi connectivity index (χ3n) is 4.52. The third-order valence-corrected chi connectivity index (χ3v) is 4.52. The van der Waals surface area contributed by atoms with Crippen molar-refractivity contribution in [3.8, 4) is 0 Å². The Morgan fingerprint density at radius 2 is 2.08 bits per heavy atom. The van der Waals surface area contributed by atoms with Crippen LogP contribution in [0.1, 0.15) is 52.3 Å². The first kappa shape index (κ1) is 21.9. The molecule has 7 heteroatoms. The van der Waals surface area contributed by atoms with Gasteiger partial charge in [0.15, 0.2) is 5.96 Å². The highest BCUT2D eigenvalue weighted by Crippen LogP contribution is 2.23. The molecule has 0 aliphatic heterocycles. The van der Waals surface area contributed by atoms with E-state index in [9.17, 15) is 0 Å². The Morgan fingerprint density at radius 1 is 1.36 bits per heavy atom. The zero-order chi connectivity index (χ0) is 17.4. The van der Waals surface area contributed by atoms with Crippen LogP contribution in [-0.2, 0) is 13.0 Å². The molecule has 142 valence electrons. The van der Waals surface area contributed by atoms with Gasteiger partial charge in [0, 0.05) is 25.6 Å². The number of guanidine groups is 1. The maximum Gasteiger partial charge on any atom is 0.191 e. The van der Waals surface area contributed by atoms with Crippen molar-refractivity contribution in [2.75, 3.05) is 13.1 Å². The first-order valence-corrected chi connectivity index (χ1v) is 9.14. The highest BCUT2D eigenvalue weighted by atomic mass is 127. The van der Waals surface area contributed by atoms with Crippen molar-refractivity contribution in [2.45, 2.75) is 65.5 Å². The van der Waals surface area contributed by atoms with E-state index >= 15 is 0 Å². The van der Waals surface area contributed by atoms with E-state index in [1.165, 1.54) is 25.7 Å². The number of aromatic nitrogens is 3. The standard InChI is InChI=1S/C18H32N6.HI/c1-5-17-23-21-13-24(17)11-10-19-18(20-12-14(2)3)22-16-8-6-15(4)7-9-16;/h13,15-16H,2,5-12H2,1,3-4H3,(H2,19,20,22);1H. The van der Waals surface area contributed by atoms with E-state index in [1.807, 2.05) is 6.92 Å². The summed E-state index contributed by atoms with van der Waals surface area (Å²) in [5, 5.41) is 15.1. The molecule has 0 atom stereocenters. The minimum absolute atomic E-state index is 0. The smallest absolute Gasteiger partial charge is 0.191 e. The molecule has 0 aromatic carbocycles. The van der Waals surface area contributed by atoms with Gasteiger partial charge in [0.05, 0.1) is 6.54 Å². The molecule has 0 amide bonds. The van der Waals surface area contributed by atoms with E-state index in [2.05, 4.69) is 50.8 Å². The normalized spacial score (nSPS) is 20.7. The van der Waals surface area contributed by atoms with E-state index in [4.69, 9.17) is 0 Å². The molecule has 0 unspecified atom stereocenters. The summed E-state index contributed by atoms with van der Waals surface area (Å²) in [6.07, 6.45) is 7.73. The number of aliphatic imine (C=N–C) groups is 1. The van der Waals surface area contributed by atoms with Crippen LogP contribution in [0.2, 0.25) is 0 Å². The van der Waals surface area contributed by atoms with Crippen molar-refractivity contribution in [3.63, 3.8) is 0 Å². The summed E-state index contributed by atoms with van der Waals surface area (Å²) < 4.78 is 2.09. The van der Waals surface area contributed by atoms with Gasteiger partial charge in [-0.1, -0.05) is 26.0 Å². The quantitative estimate of drug-likeness (QED) is 0.284. The molecule has 2 N–H and O–H groups in total. The molecular weight excluding hydrogens is 427 g/mol. The zero-order valence-electron chi connectivity index (χ0n) is 15.8. The minimum Gasteiger partial charge on any atom is -0.355 e. The molecule has 25 heavy (non-hydrogen) atoms. The number of rotatable bonds is 7. The molecule has 1 aromatic heterocycles. The van der Waals surface area contributed by atoms with Gasteiger partial charge in [-0.15, -0.1) is 34.2 Å². The summed E-state index contributed by atoms with van der Waals surface area (Å²) in [5.74, 6) is 2.77. The molecule has 1 heterocycles. The average molecular weight is 460 g/mol. The van der Waals surface area contributed by atoms with E-state index in [1.54, 1.807) is 6.33 Å². The predicted octanol–water partition coefficient (Wildman–Crippen LogP) is 3.15. The number of nitrogens with one attached hydrogen (secondary N) is 2. The van der Waals surface area contributed by atoms with E-state index in [0.717, 1.165) is 42.8 Å². The highest BCUT2D eigenvalue weighted by Gasteiger charge is 2.18. The van der Waals surface area contributed by atoms with E-state index < -0.39 is 0 Å². The summed E-state index contributed by atoms with van der Waals surface area (Å²) in [4.78, 5) is 4.65. The van der Waals surface area contributed by atoms with Crippen molar-refractivity contribution < 1.29 is 0 Å². The summed E-state index contributed by atoms with van der Waals surface area (Å²) in [7, 11) is 0. The second-order valence-corrected chi connectivity index (χ2v) is 6.94. The van der Waals surface area contributed by atoms with Gasteiger partial charge in [-0.2, -0.15) is 0 Å². The van der Waals surface area contributed by atoms with Crippen LogP contribution in [0, 0.1) is 5.92 Å². The van der Waals surface area contributed by atoms with Crippen LogP contribution in [0.5, 0.6) is 0 Å². The van der Waals surface area contributed by atoms with Crippen LogP contribution in [0.15, 0.2) is 23.5 Å². The fraction of sp³-hybridized carbons (Fsp3) is 0.722. The van der Waals surface area contributed by atoms with Crippen LogP contribution >= 0.6 is 24.0 Å². The molecule has 0 bridgehead atoms. The molecular formula is C18H33IN6. The lowest BCUT2D eigenvalue weighted by Gasteiger charge is -2.28.